The number of imide groups is 1. The van der Waals surface area contributed by atoms with Gasteiger partial charge in [0.15, 0.2) is 0 Å². The van der Waals surface area contributed by atoms with Crippen molar-refractivity contribution in [3.05, 3.63) is 52.4 Å². The quantitative estimate of drug-likeness (QED) is 0.799. The van der Waals surface area contributed by atoms with Crippen LogP contribution in [0.4, 0.5) is 4.79 Å². The maximum atomic E-state index is 12.0. The number of carbonyl (C=O) groups is 2. The zero-order valence-corrected chi connectivity index (χ0v) is 13.3. The van der Waals surface area contributed by atoms with Crippen molar-refractivity contribution in [1.29, 1.82) is 0 Å². The largest absolute Gasteiger partial charge is 0.318 e. The molecule has 2 aromatic heterocycles. The molecule has 1 fully saturated rings. The second-order valence-electron chi connectivity index (χ2n) is 5.11. The Morgan fingerprint density at radius 3 is 2.45 bits per heavy atom. The van der Waals surface area contributed by atoms with Crippen molar-refractivity contribution in [2.45, 2.75) is 13.8 Å². The van der Waals surface area contributed by atoms with Gasteiger partial charge in [-0.2, -0.15) is 0 Å². The fourth-order valence-corrected chi connectivity index (χ4v) is 3.33. The molecule has 0 radical (unpaired) electrons. The number of carbonyl (C=O) groups excluding carboxylic acids is 2. The first-order valence-corrected chi connectivity index (χ1v) is 7.61. The number of thioether (sulfide) groups is 1. The molecule has 0 bridgehead atoms. The summed E-state index contributed by atoms with van der Waals surface area (Å²) in [4.78, 5) is 29.2. The van der Waals surface area contributed by atoms with Gasteiger partial charge >= 0.3 is 0 Å². The van der Waals surface area contributed by atoms with Crippen LogP contribution < -0.4 is 0 Å². The van der Waals surface area contributed by atoms with Crippen LogP contribution in [0.2, 0.25) is 0 Å². The summed E-state index contributed by atoms with van der Waals surface area (Å²) in [5.41, 5.74) is 4.04. The van der Waals surface area contributed by atoms with Crippen LogP contribution in [0.25, 0.3) is 11.8 Å². The Hall–Kier alpha value is -2.34. The van der Waals surface area contributed by atoms with Crippen LogP contribution in [0, 0.1) is 13.8 Å². The van der Waals surface area contributed by atoms with Crippen LogP contribution >= 0.6 is 11.8 Å². The molecule has 112 valence electrons. The number of aromatic nitrogens is 2. The number of aryl methyl sites for hydroxylation is 1. The first-order valence-electron chi connectivity index (χ1n) is 6.80. The van der Waals surface area contributed by atoms with Crippen LogP contribution in [-0.4, -0.2) is 32.6 Å². The fraction of sp³-hybridized carbons (Fsp3) is 0.188. The minimum atomic E-state index is -0.247. The second-order valence-corrected chi connectivity index (χ2v) is 6.10. The summed E-state index contributed by atoms with van der Waals surface area (Å²) in [7, 11) is 1.50. The van der Waals surface area contributed by atoms with Crippen LogP contribution in [0.15, 0.2) is 35.5 Å². The van der Waals surface area contributed by atoms with E-state index in [9.17, 15) is 9.59 Å². The minimum Gasteiger partial charge on any atom is -0.318 e. The average molecular weight is 313 g/mol. The smallest absolute Gasteiger partial charge is 0.293 e. The molecule has 0 atom stereocenters. The van der Waals surface area contributed by atoms with E-state index in [0.717, 1.165) is 39.3 Å². The molecule has 0 spiro atoms. The van der Waals surface area contributed by atoms with E-state index >= 15 is 0 Å². The lowest BCUT2D eigenvalue weighted by Gasteiger charge is -2.08. The summed E-state index contributed by atoms with van der Waals surface area (Å²) < 4.78 is 2.10. The lowest BCUT2D eigenvalue weighted by Crippen LogP contribution is -2.22. The van der Waals surface area contributed by atoms with E-state index in [1.807, 2.05) is 32.0 Å². The van der Waals surface area contributed by atoms with Crippen molar-refractivity contribution in [3.63, 3.8) is 0 Å². The zero-order chi connectivity index (χ0) is 15.9. The molecule has 1 saturated heterocycles. The van der Waals surface area contributed by atoms with Crippen LogP contribution in [-0.2, 0) is 4.79 Å². The van der Waals surface area contributed by atoms with Gasteiger partial charge in [0.2, 0.25) is 0 Å². The van der Waals surface area contributed by atoms with Gasteiger partial charge in [-0.05, 0) is 55.4 Å². The summed E-state index contributed by atoms with van der Waals surface area (Å²) >= 11 is 0.976. The Labute approximate surface area is 132 Å². The number of hydrogen-bond acceptors (Lipinski definition) is 4. The normalized spacial score (nSPS) is 16.9. The summed E-state index contributed by atoms with van der Waals surface area (Å²) in [6, 6.07) is 5.88. The average Bonchev–Trinajstić information content (AvgIpc) is 2.92. The summed E-state index contributed by atoms with van der Waals surface area (Å²) in [5, 5.41) is -0.237. The van der Waals surface area contributed by atoms with E-state index in [1.165, 1.54) is 7.05 Å². The number of nitrogens with zero attached hydrogens (tertiary/aromatic N) is 3. The van der Waals surface area contributed by atoms with Crippen molar-refractivity contribution < 1.29 is 9.59 Å². The van der Waals surface area contributed by atoms with Gasteiger partial charge in [-0.25, -0.2) is 0 Å². The predicted octanol–water partition coefficient (Wildman–Crippen LogP) is 3.16. The highest BCUT2D eigenvalue weighted by Gasteiger charge is 2.32. The number of likely N-dealkylation sites (N-methyl/N-ethyl adjacent to an activating group) is 1. The summed E-state index contributed by atoms with van der Waals surface area (Å²) in [5.74, 6) is -0.247. The Balaban J connectivity index is 2.05. The summed E-state index contributed by atoms with van der Waals surface area (Å²) in [6.45, 7) is 4.01. The molecule has 0 saturated carbocycles. The molecule has 3 heterocycles. The van der Waals surface area contributed by atoms with Gasteiger partial charge in [-0.3, -0.25) is 19.5 Å². The van der Waals surface area contributed by atoms with E-state index in [2.05, 4.69) is 9.55 Å². The van der Waals surface area contributed by atoms with E-state index in [4.69, 9.17) is 0 Å². The predicted molar refractivity (Wildman–Crippen MR) is 86.8 cm³/mol. The highest BCUT2D eigenvalue weighted by Crippen LogP contribution is 2.32. The highest BCUT2D eigenvalue weighted by atomic mass is 32.2. The first kappa shape index (κ1) is 14.6. The lowest BCUT2D eigenvalue weighted by atomic mass is 10.2. The topological polar surface area (TPSA) is 55.2 Å². The molecule has 1 aliphatic heterocycles. The molecule has 2 aromatic rings. The third kappa shape index (κ3) is 2.35. The Kier molecular flexibility index (Phi) is 3.62. The van der Waals surface area contributed by atoms with Gasteiger partial charge < -0.3 is 4.57 Å². The molecule has 1 aliphatic rings. The monoisotopic (exact) mass is 313 g/mol. The molecule has 5 nitrogen and oxygen atoms in total. The highest BCUT2D eigenvalue weighted by molar-refractivity contribution is 8.18. The van der Waals surface area contributed by atoms with Crippen LogP contribution in [0.3, 0.4) is 0 Å². The zero-order valence-electron chi connectivity index (χ0n) is 12.5. The molecule has 0 N–H and O–H groups in total. The van der Waals surface area contributed by atoms with Crippen molar-refractivity contribution in [1.82, 2.24) is 14.5 Å². The SMILES string of the molecule is Cc1cc(/C=C2/SC(=O)N(C)C2=O)c(C)n1-c1ccncc1. The molecular weight excluding hydrogens is 298 g/mol. The molecule has 2 amide bonds. The number of hydrogen-bond donors (Lipinski definition) is 0. The van der Waals surface area contributed by atoms with Gasteiger partial charge in [-0.1, -0.05) is 0 Å². The maximum Gasteiger partial charge on any atom is 0.293 e. The second kappa shape index (κ2) is 5.46. The third-order valence-corrected chi connectivity index (χ3v) is 4.63. The molecule has 22 heavy (non-hydrogen) atoms. The van der Waals surface area contributed by atoms with E-state index in [0.29, 0.717) is 4.91 Å². The minimum absolute atomic E-state index is 0.237. The van der Waals surface area contributed by atoms with Gasteiger partial charge in [0, 0.05) is 36.5 Å². The Morgan fingerprint density at radius 1 is 1.18 bits per heavy atom. The number of pyridine rings is 1. The van der Waals surface area contributed by atoms with Crippen LogP contribution in [0.5, 0.6) is 0 Å². The molecule has 0 aromatic carbocycles. The fourth-order valence-electron chi connectivity index (χ4n) is 2.51. The molecular formula is C16H15N3O2S. The number of amides is 2. The van der Waals surface area contributed by atoms with Crippen molar-refractivity contribution in [2.75, 3.05) is 7.05 Å². The maximum absolute atomic E-state index is 12.0. The van der Waals surface area contributed by atoms with Crippen molar-refractivity contribution in [2.24, 2.45) is 0 Å². The molecule has 0 unspecified atom stereocenters. The van der Waals surface area contributed by atoms with E-state index in [-0.39, 0.29) is 11.1 Å². The van der Waals surface area contributed by atoms with Gasteiger partial charge in [0.05, 0.1) is 4.91 Å². The van der Waals surface area contributed by atoms with Crippen molar-refractivity contribution >= 4 is 29.0 Å². The molecule has 3 rings (SSSR count). The molecule has 6 heteroatoms. The Morgan fingerprint density at radius 2 is 1.86 bits per heavy atom. The van der Waals surface area contributed by atoms with E-state index in [1.54, 1.807) is 18.5 Å². The Bertz CT molecular complexity index is 793. The first-order chi connectivity index (χ1) is 10.5. The van der Waals surface area contributed by atoms with Gasteiger partial charge in [0.1, 0.15) is 0 Å². The third-order valence-electron chi connectivity index (χ3n) is 3.66. The van der Waals surface area contributed by atoms with Gasteiger partial charge in [0.25, 0.3) is 11.1 Å². The van der Waals surface area contributed by atoms with Gasteiger partial charge in [-0.15, -0.1) is 0 Å². The van der Waals surface area contributed by atoms with Crippen molar-refractivity contribution in [3.8, 4) is 5.69 Å². The molecule has 0 aliphatic carbocycles. The van der Waals surface area contributed by atoms with Crippen LogP contribution in [0.1, 0.15) is 17.0 Å². The number of rotatable bonds is 2. The van der Waals surface area contributed by atoms with E-state index < -0.39 is 0 Å². The lowest BCUT2D eigenvalue weighted by molar-refractivity contribution is -0.121. The standard InChI is InChI=1S/C16H15N3O2S/c1-10-8-12(9-14-15(20)18(3)16(21)22-14)11(2)19(10)13-4-6-17-7-5-13/h4-9H,1-3H3/b14-9+. The summed E-state index contributed by atoms with van der Waals surface area (Å²) in [6.07, 6.45) is 5.28.